The summed E-state index contributed by atoms with van der Waals surface area (Å²) in [6, 6.07) is 4.05. The number of hydrogen-bond donors (Lipinski definition) is 4. The number of rotatable bonds is 10. The Labute approximate surface area is 167 Å². The minimum atomic E-state index is 0.0747. The molecule has 1 aromatic heterocycles. The molecule has 0 unspecified atom stereocenters. The normalized spacial score (nSPS) is 14.9. The zero-order valence-electron chi connectivity index (χ0n) is 16.4. The van der Waals surface area contributed by atoms with Crippen molar-refractivity contribution in [2.75, 3.05) is 11.9 Å². The molecule has 0 aliphatic heterocycles. The molecule has 0 saturated heterocycles. The Hall–Kier alpha value is -2.66. The number of carbonyl (C=O) groups is 1. The molecule has 0 spiro atoms. The molecule has 1 saturated carbocycles. The molecule has 0 aromatic carbocycles. The van der Waals surface area contributed by atoms with Gasteiger partial charge in [0, 0.05) is 37.1 Å². The molecular weight excluding hydrogens is 354 g/mol. The Morgan fingerprint density at radius 3 is 2.64 bits per heavy atom. The molecule has 2 rings (SSSR count). The fourth-order valence-electron chi connectivity index (χ4n) is 3.17. The van der Waals surface area contributed by atoms with Gasteiger partial charge in [0.25, 0.3) is 0 Å². The van der Waals surface area contributed by atoms with Gasteiger partial charge >= 0.3 is 0 Å². The first-order chi connectivity index (χ1) is 13.8. The van der Waals surface area contributed by atoms with Gasteiger partial charge in [0.2, 0.25) is 11.9 Å². The van der Waals surface area contributed by atoms with Crippen LogP contribution in [0.2, 0.25) is 0 Å². The number of nitriles is 1. The number of carbonyl (C=O) groups excluding carboxylic acids is 1. The van der Waals surface area contributed by atoms with E-state index in [4.69, 9.17) is 5.26 Å². The minimum Gasteiger partial charge on any atom is -0.325 e. The molecule has 1 aliphatic rings. The first-order valence-corrected chi connectivity index (χ1v) is 10.2. The summed E-state index contributed by atoms with van der Waals surface area (Å²) in [5.41, 5.74) is 6.83. The first-order valence-electron chi connectivity index (χ1n) is 10.2. The Bertz CT molecular complexity index is 636. The molecule has 1 fully saturated rings. The highest BCUT2D eigenvalue weighted by Crippen LogP contribution is 2.16. The summed E-state index contributed by atoms with van der Waals surface area (Å²) < 4.78 is 0. The van der Waals surface area contributed by atoms with Crippen LogP contribution in [0.25, 0.3) is 0 Å². The Balaban J connectivity index is 1.53. The maximum absolute atomic E-state index is 11.9. The maximum atomic E-state index is 11.9. The standard InChI is InChI=1S/C20H31N7O/c21-16-24-20(25-17-11-14-22-15-12-17)23-13-7-2-1-6-10-19(28)27-26-18-8-4-3-5-9-18/h11-12,14-15,18,26H,1-10,13H2,(H,27,28)(H2,22,23,24,25). The number of hydrazine groups is 1. The second-order valence-corrected chi connectivity index (χ2v) is 7.02. The molecular formula is C20H31N7O. The van der Waals surface area contributed by atoms with E-state index in [1.54, 1.807) is 12.4 Å². The number of aromatic nitrogens is 1. The van der Waals surface area contributed by atoms with E-state index in [9.17, 15) is 4.79 Å². The molecule has 1 aromatic rings. The van der Waals surface area contributed by atoms with Crippen LogP contribution in [0.3, 0.4) is 0 Å². The number of amides is 1. The van der Waals surface area contributed by atoms with Crippen LogP contribution in [-0.4, -0.2) is 29.4 Å². The van der Waals surface area contributed by atoms with Gasteiger partial charge in [-0.25, -0.2) is 5.43 Å². The van der Waals surface area contributed by atoms with Gasteiger partial charge in [-0.05, 0) is 37.8 Å². The smallest absolute Gasteiger partial charge is 0.234 e. The van der Waals surface area contributed by atoms with Crippen LogP contribution >= 0.6 is 0 Å². The van der Waals surface area contributed by atoms with Crippen molar-refractivity contribution in [2.45, 2.75) is 70.3 Å². The molecule has 8 heteroatoms. The van der Waals surface area contributed by atoms with Crippen LogP contribution in [-0.2, 0) is 4.79 Å². The summed E-state index contributed by atoms with van der Waals surface area (Å²) in [4.78, 5) is 20.2. The van der Waals surface area contributed by atoms with E-state index >= 15 is 0 Å². The Kier molecular flexibility index (Phi) is 10.4. The summed E-state index contributed by atoms with van der Waals surface area (Å²) >= 11 is 0. The van der Waals surface area contributed by atoms with E-state index in [0.717, 1.165) is 44.2 Å². The largest absolute Gasteiger partial charge is 0.325 e. The van der Waals surface area contributed by atoms with E-state index < -0.39 is 0 Å². The van der Waals surface area contributed by atoms with Crippen molar-refractivity contribution in [3.8, 4) is 6.19 Å². The molecule has 1 aliphatic carbocycles. The summed E-state index contributed by atoms with van der Waals surface area (Å²) in [5, 5.41) is 14.4. The van der Waals surface area contributed by atoms with Crippen molar-refractivity contribution in [3.05, 3.63) is 24.5 Å². The minimum absolute atomic E-state index is 0.0747. The van der Waals surface area contributed by atoms with E-state index in [2.05, 4.69) is 31.5 Å². The number of nitrogens with zero attached hydrogens (tertiary/aromatic N) is 3. The molecule has 0 atom stereocenters. The molecule has 1 amide bonds. The summed E-state index contributed by atoms with van der Waals surface area (Å²) in [7, 11) is 0. The third-order valence-corrected chi connectivity index (χ3v) is 4.72. The van der Waals surface area contributed by atoms with E-state index in [1.165, 1.54) is 19.3 Å². The highest BCUT2D eigenvalue weighted by atomic mass is 16.2. The monoisotopic (exact) mass is 385 g/mol. The summed E-state index contributed by atoms with van der Waals surface area (Å²) in [6.07, 6.45) is 15.7. The van der Waals surface area contributed by atoms with E-state index in [1.807, 2.05) is 18.3 Å². The molecule has 8 nitrogen and oxygen atoms in total. The number of anilines is 1. The second-order valence-electron chi connectivity index (χ2n) is 7.02. The molecule has 4 N–H and O–H groups in total. The van der Waals surface area contributed by atoms with Gasteiger partial charge < -0.3 is 5.32 Å². The van der Waals surface area contributed by atoms with Crippen LogP contribution < -0.4 is 21.5 Å². The molecule has 0 radical (unpaired) electrons. The van der Waals surface area contributed by atoms with E-state index in [-0.39, 0.29) is 5.91 Å². The number of hydrogen-bond acceptors (Lipinski definition) is 5. The van der Waals surface area contributed by atoms with Crippen LogP contribution in [0, 0.1) is 11.5 Å². The zero-order valence-corrected chi connectivity index (χ0v) is 16.4. The van der Waals surface area contributed by atoms with Crippen LogP contribution in [0.15, 0.2) is 29.5 Å². The number of unbranched alkanes of at least 4 members (excludes halogenated alkanes) is 3. The number of guanidine groups is 1. The Morgan fingerprint density at radius 2 is 1.89 bits per heavy atom. The van der Waals surface area contributed by atoms with Crippen molar-refractivity contribution in [3.63, 3.8) is 0 Å². The lowest BCUT2D eigenvalue weighted by Crippen LogP contribution is -2.45. The van der Waals surface area contributed by atoms with Gasteiger partial charge in [-0.3, -0.25) is 25.5 Å². The van der Waals surface area contributed by atoms with Gasteiger partial charge in [-0.2, -0.15) is 5.26 Å². The maximum Gasteiger partial charge on any atom is 0.234 e. The fourth-order valence-corrected chi connectivity index (χ4v) is 3.17. The quantitative estimate of drug-likeness (QED) is 0.123. The van der Waals surface area contributed by atoms with Crippen molar-refractivity contribution in [2.24, 2.45) is 4.99 Å². The predicted molar refractivity (Wildman–Crippen MR) is 110 cm³/mol. The summed E-state index contributed by atoms with van der Waals surface area (Å²) in [5.74, 6) is 0.507. The van der Waals surface area contributed by atoms with Crippen LogP contribution in [0.1, 0.15) is 64.2 Å². The molecule has 1 heterocycles. The topological polar surface area (TPSA) is 114 Å². The van der Waals surface area contributed by atoms with Crippen LogP contribution in [0.5, 0.6) is 0 Å². The lowest BCUT2D eigenvalue weighted by Gasteiger charge is -2.22. The third kappa shape index (κ3) is 9.33. The van der Waals surface area contributed by atoms with Gasteiger partial charge in [0.15, 0.2) is 6.19 Å². The number of nitrogens with one attached hydrogen (secondary N) is 4. The van der Waals surface area contributed by atoms with Gasteiger partial charge in [-0.15, -0.1) is 0 Å². The number of aliphatic imine (C=N–C) groups is 1. The predicted octanol–water partition coefficient (Wildman–Crippen LogP) is 2.82. The van der Waals surface area contributed by atoms with Crippen molar-refractivity contribution in [1.82, 2.24) is 21.2 Å². The SMILES string of the molecule is N#CNC(=NCCCCCCC(=O)NNC1CCCCC1)Nc1ccncc1. The van der Waals surface area contributed by atoms with Crippen LogP contribution in [0.4, 0.5) is 5.69 Å². The second kappa shape index (κ2) is 13.5. The lowest BCUT2D eigenvalue weighted by atomic mass is 9.96. The molecule has 28 heavy (non-hydrogen) atoms. The van der Waals surface area contributed by atoms with Gasteiger partial charge in [0.1, 0.15) is 0 Å². The molecule has 0 bridgehead atoms. The fraction of sp³-hybridized carbons (Fsp3) is 0.600. The van der Waals surface area contributed by atoms with E-state index in [0.29, 0.717) is 25.0 Å². The third-order valence-electron chi connectivity index (χ3n) is 4.72. The first kappa shape index (κ1) is 21.6. The average Bonchev–Trinajstić information content (AvgIpc) is 2.73. The van der Waals surface area contributed by atoms with Gasteiger partial charge in [0.05, 0.1) is 0 Å². The van der Waals surface area contributed by atoms with Crippen molar-refractivity contribution >= 4 is 17.6 Å². The zero-order chi connectivity index (χ0) is 19.9. The molecule has 152 valence electrons. The summed E-state index contributed by atoms with van der Waals surface area (Å²) in [6.45, 7) is 0.623. The Morgan fingerprint density at radius 1 is 1.14 bits per heavy atom. The van der Waals surface area contributed by atoms with Gasteiger partial charge in [-0.1, -0.05) is 32.1 Å². The lowest BCUT2D eigenvalue weighted by molar-refractivity contribution is -0.122. The highest BCUT2D eigenvalue weighted by Gasteiger charge is 2.13. The van der Waals surface area contributed by atoms with Crippen molar-refractivity contribution < 1.29 is 4.79 Å². The highest BCUT2D eigenvalue weighted by molar-refractivity contribution is 5.94. The average molecular weight is 386 g/mol. The number of pyridine rings is 1. The van der Waals surface area contributed by atoms with Crippen molar-refractivity contribution in [1.29, 1.82) is 5.26 Å².